The van der Waals surface area contributed by atoms with Gasteiger partial charge in [0.15, 0.2) is 0 Å². The maximum atomic E-state index is 6.81. The van der Waals surface area contributed by atoms with E-state index >= 15 is 0 Å². The molecule has 11 aromatic carbocycles. The van der Waals surface area contributed by atoms with Crippen LogP contribution in [-0.4, -0.2) is 0 Å². The molecule has 0 radical (unpaired) electrons. The van der Waals surface area contributed by atoms with E-state index < -0.39 is 0 Å². The third kappa shape index (κ3) is 7.06. The van der Waals surface area contributed by atoms with E-state index in [4.69, 9.17) is 4.74 Å². The Balaban J connectivity index is 0.895. The summed E-state index contributed by atoms with van der Waals surface area (Å²) in [6.45, 7) is 0. The van der Waals surface area contributed by atoms with Gasteiger partial charge in [0.1, 0.15) is 11.5 Å². The molecule has 0 N–H and O–H groups in total. The minimum atomic E-state index is 0.851. The normalized spacial score (nSPS) is 11.5. The first kappa shape index (κ1) is 38.0. The molecule has 0 fully saturated rings. The van der Waals surface area contributed by atoms with E-state index in [1.54, 1.807) is 0 Å². The number of hydrogen-bond acceptors (Lipinski definition) is 3. The first-order valence-electron chi connectivity index (χ1n) is 22.2. The molecule has 306 valence electrons. The number of fused-ring (bicyclic) bond motifs is 4. The summed E-state index contributed by atoms with van der Waals surface area (Å²) in [4.78, 5) is 4.61. The van der Waals surface area contributed by atoms with E-state index in [2.05, 4.69) is 265 Å². The summed E-state index contributed by atoms with van der Waals surface area (Å²) in [5.74, 6) is 1.72. The van der Waals surface area contributed by atoms with Crippen LogP contribution < -0.4 is 14.5 Å². The molecular formula is C62H42N2O. The summed E-state index contributed by atoms with van der Waals surface area (Å²) in [6.07, 6.45) is 0. The van der Waals surface area contributed by atoms with Crippen LogP contribution in [0.5, 0.6) is 11.5 Å². The Morgan fingerprint density at radius 1 is 0.246 bits per heavy atom. The van der Waals surface area contributed by atoms with Gasteiger partial charge in [0, 0.05) is 51.1 Å². The predicted octanol–water partition coefficient (Wildman–Crippen LogP) is 17.7. The van der Waals surface area contributed by atoms with E-state index in [0.29, 0.717) is 0 Å². The van der Waals surface area contributed by atoms with Crippen molar-refractivity contribution in [3.63, 3.8) is 0 Å². The van der Waals surface area contributed by atoms with Crippen LogP contribution in [0, 0.1) is 0 Å². The van der Waals surface area contributed by atoms with E-state index in [0.717, 1.165) is 62.1 Å². The number of benzene rings is 11. The maximum absolute atomic E-state index is 6.81. The van der Waals surface area contributed by atoms with Crippen molar-refractivity contribution in [2.75, 3.05) is 9.80 Å². The molecule has 0 unspecified atom stereocenters. The van der Waals surface area contributed by atoms with Crippen molar-refractivity contribution < 1.29 is 4.74 Å². The van der Waals surface area contributed by atoms with Gasteiger partial charge in [-0.1, -0.05) is 158 Å². The monoisotopic (exact) mass is 830 g/mol. The minimum Gasteiger partial charge on any atom is -0.456 e. The van der Waals surface area contributed by atoms with E-state index in [1.165, 1.54) is 49.5 Å². The third-order valence-corrected chi connectivity index (χ3v) is 12.6. The number of para-hydroxylation sites is 2. The smallest absolute Gasteiger partial charge is 0.137 e. The average molecular weight is 831 g/mol. The quantitative estimate of drug-likeness (QED) is 0.135. The molecule has 12 rings (SSSR count). The van der Waals surface area contributed by atoms with Crippen molar-refractivity contribution in [3.05, 3.63) is 255 Å². The lowest BCUT2D eigenvalue weighted by atomic mass is 9.89. The second-order valence-corrected chi connectivity index (χ2v) is 16.5. The van der Waals surface area contributed by atoms with E-state index in [1.807, 2.05) is 0 Å². The van der Waals surface area contributed by atoms with Gasteiger partial charge >= 0.3 is 0 Å². The summed E-state index contributed by atoms with van der Waals surface area (Å²) >= 11 is 0. The molecule has 1 aliphatic heterocycles. The Bertz CT molecular complexity index is 3340. The minimum absolute atomic E-state index is 0.851. The van der Waals surface area contributed by atoms with Crippen LogP contribution in [-0.2, 0) is 0 Å². The lowest BCUT2D eigenvalue weighted by Crippen LogP contribution is -2.10. The third-order valence-electron chi connectivity index (χ3n) is 12.6. The van der Waals surface area contributed by atoms with Gasteiger partial charge in [-0.25, -0.2) is 0 Å². The van der Waals surface area contributed by atoms with E-state index in [9.17, 15) is 0 Å². The Morgan fingerprint density at radius 2 is 0.677 bits per heavy atom. The van der Waals surface area contributed by atoms with Crippen LogP contribution in [0.3, 0.4) is 0 Å². The molecule has 3 nitrogen and oxygen atoms in total. The Labute approximate surface area is 379 Å². The van der Waals surface area contributed by atoms with Crippen molar-refractivity contribution in [1.29, 1.82) is 0 Å². The number of anilines is 6. The summed E-state index contributed by atoms with van der Waals surface area (Å²) in [5.41, 5.74) is 15.9. The fourth-order valence-electron chi connectivity index (χ4n) is 9.45. The van der Waals surface area contributed by atoms with Crippen LogP contribution in [0.4, 0.5) is 34.1 Å². The number of nitrogens with zero attached hydrogens (tertiary/aromatic N) is 2. The average Bonchev–Trinajstić information content (AvgIpc) is 3.38. The second-order valence-electron chi connectivity index (χ2n) is 16.5. The Hall–Kier alpha value is -8.66. The van der Waals surface area contributed by atoms with E-state index in [-0.39, 0.29) is 0 Å². The Morgan fingerprint density at radius 3 is 1.22 bits per heavy atom. The number of hydrogen-bond donors (Lipinski definition) is 0. The highest BCUT2D eigenvalue weighted by Crippen LogP contribution is 2.51. The number of ether oxygens (including phenoxy) is 1. The molecule has 3 heteroatoms. The van der Waals surface area contributed by atoms with Crippen molar-refractivity contribution >= 4 is 55.7 Å². The van der Waals surface area contributed by atoms with Crippen LogP contribution in [0.15, 0.2) is 255 Å². The molecule has 0 saturated carbocycles. The molecule has 1 heterocycles. The molecular weight excluding hydrogens is 789 g/mol. The summed E-state index contributed by atoms with van der Waals surface area (Å²) in [6, 6.07) is 91.1. The van der Waals surface area contributed by atoms with Gasteiger partial charge in [-0.3, -0.25) is 0 Å². The number of rotatable bonds is 9. The van der Waals surface area contributed by atoms with Crippen molar-refractivity contribution in [2.24, 2.45) is 0 Å². The van der Waals surface area contributed by atoms with Gasteiger partial charge in [0.2, 0.25) is 0 Å². The largest absolute Gasteiger partial charge is 0.456 e. The molecule has 1 aliphatic rings. The fraction of sp³-hybridized carbons (Fsp3) is 0. The highest BCUT2D eigenvalue weighted by Gasteiger charge is 2.24. The van der Waals surface area contributed by atoms with Crippen LogP contribution in [0.25, 0.3) is 66.1 Å². The van der Waals surface area contributed by atoms with Crippen LogP contribution >= 0.6 is 0 Å². The SMILES string of the molecule is c1ccc(-c2ccc(N(c3ccc(-c4ccccc4)cc3)c3ccc(-c4ccc5cc6c7c(cccc7c5c4)Oc4cc(N(c5ccccc5)c5ccccc5)ccc4-6)cc3)cc2)cc1. The molecule has 0 aromatic heterocycles. The van der Waals surface area contributed by atoms with Crippen molar-refractivity contribution in [1.82, 2.24) is 0 Å². The zero-order chi connectivity index (χ0) is 43.1. The molecule has 0 saturated heterocycles. The molecule has 0 amide bonds. The van der Waals surface area contributed by atoms with Gasteiger partial charge in [-0.15, -0.1) is 0 Å². The molecule has 0 atom stereocenters. The summed E-state index contributed by atoms with van der Waals surface area (Å²) < 4.78 is 6.81. The summed E-state index contributed by atoms with van der Waals surface area (Å²) in [5, 5.41) is 4.72. The molecule has 0 bridgehead atoms. The maximum Gasteiger partial charge on any atom is 0.137 e. The van der Waals surface area contributed by atoms with Crippen molar-refractivity contribution in [3.8, 4) is 56.0 Å². The van der Waals surface area contributed by atoms with Crippen LogP contribution in [0.1, 0.15) is 0 Å². The standard InChI is InChI=1S/C62H42N2O/c1-5-14-43(15-6-1)45-26-32-52(33-27-45)63(53-34-28-46(29-35-53)44-16-7-2-8-17-44)54-36-30-47(31-37-54)48-24-25-49-41-59-56-39-38-55(64(50-18-9-3-10-19-50)51-20-11-4-12-21-51)42-61(56)65-60-23-13-22-57(62(59)60)58(49)40-48/h1-42H. The first-order valence-corrected chi connectivity index (χ1v) is 22.2. The van der Waals surface area contributed by atoms with Crippen molar-refractivity contribution in [2.45, 2.75) is 0 Å². The topological polar surface area (TPSA) is 15.7 Å². The highest BCUT2D eigenvalue weighted by molar-refractivity contribution is 6.18. The molecule has 0 spiro atoms. The molecule has 0 aliphatic carbocycles. The van der Waals surface area contributed by atoms with Gasteiger partial charge in [0.05, 0.1) is 0 Å². The first-order chi connectivity index (χ1) is 32.2. The molecule has 11 aromatic rings. The predicted molar refractivity (Wildman–Crippen MR) is 273 cm³/mol. The molecule has 65 heavy (non-hydrogen) atoms. The zero-order valence-corrected chi connectivity index (χ0v) is 35.6. The van der Waals surface area contributed by atoms with Gasteiger partial charge in [0.25, 0.3) is 0 Å². The van der Waals surface area contributed by atoms with Gasteiger partial charge in [-0.2, -0.15) is 0 Å². The zero-order valence-electron chi connectivity index (χ0n) is 35.6. The van der Waals surface area contributed by atoms with Crippen LogP contribution in [0.2, 0.25) is 0 Å². The fourth-order valence-corrected chi connectivity index (χ4v) is 9.45. The second kappa shape index (κ2) is 16.2. The van der Waals surface area contributed by atoms with Gasteiger partial charge < -0.3 is 14.5 Å². The Kier molecular flexibility index (Phi) is 9.50. The highest BCUT2D eigenvalue weighted by atomic mass is 16.5. The lowest BCUT2D eigenvalue weighted by Gasteiger charge is -2.28. The lowest BCUT2D eigenvalue weighted by molar-refractivity contribution is 0.487. The summed E-state index contributed by atoms with van der Waals surface area (Å²) in [7, 11) is 0. The van der Waals surface area contributed by atoms with Gasteiger partial charge in [-0.05, 0) is 146 Å².